The molecular formula is C19H21N3O6S. The van der Waals surface area contributed by atoms with Crippen LogP contribution in [0.5, 0.6) is 0 Å². The van der Waals surface area contributed by atoms with Crippen LogP contribution in [-0.2, 0) is 14.8 Å². The van der Waals surface area contributed by atoms with Gasteiger partial charge in [-0.3, -0.25) is 9.59 Å². The number of unbranched alkanes of at least 4 members (excludes halogenated alkanes) is 2. The highest BCUT2D eigenvalue weighted by atomic mass is 32.2. The van der Waals surface area contributed by atoms with Gasteiger partial charge in [-0.25, -0.2) is 22.9 Å². The Morgan fingerprint density at radius 1 is 1.03 bits per heavy atom. The van der Waals surface area contributed by atoms with E-state index in [0.29, 0.717) is 12.1 Å². The first-order valence-corrected chi connectivity index (χ1v) is 10.4. The lowest BCUT2D eigenvalue weighted by Crippen LogP contribution is -2.30. The van der Waals surface area contributed by atoms with Gasteiger partial charge in [0.2, 0.25) is 5.91 Å². The summed E-state index contributed by atoms with van der Waals surface area (Å²) in [4.78, 5) is 38.1. The van der Waals surface area contributed by atoms with Gasteiger partial charge >= 0.3 is 5.97 Å². The normalized spacial score (nSPS) is 10.9. The molecule has 1 aromatic carbocycles. The molecule has 0 fully saturated rings. The summed E-state index contributed by atoms with van der Waals surface area (Å²) in [6.07, 6.45) is 4.11. The second kappa shape index (κ2) is 9.78. The molecule has 1 aromatic heterocycles. The summed E-state index contributed by atoms with van der Waals surface area (Å²) in [6.45, 7) is 2.04. The van der Waals surface area contributed by atoms with Crippen molar-refractivity contribution in [2.24, 2.45) is 0 Å². The van der Waals surface area contributed by atoms with E-state index in [1.54, 1.807) is 0 Å². The second-order valence-electron chi connectivity index (χ2n) is 6.20. The number of benzene rings is 1. The number of hydrogen-bond acceptors (Lipinski definition) is 6. The maximum absolute atomic E-state index is 12.4. The van der Waals surface area contributed by atoms with E-state index in [2.05, 4.69) is 10.3 Å². The molecule has 1 heterocycles. The lowest BCUT2D eigenvalue weighted by Gasteiger charge is -2.09. The Labute approximate surface area is 168 Å². The van der Waals surface area contributed by atoms with Gasteiger partial charge in [0.15, 0.2) is 0 Å². The van der Waals surface area contributed by atoms with Crippen molar-refractivity contribution < 1.29 is 27.9 Å². The first kappa shape index (κ1) is 22.0. The molecule has 0 aliphatic heterocycles. The fourth-order valence-corrected chi connectivity index (χ4v) is 3.35. The standard InChI is InChI=1S/C19H21N3O6S/c1-2-3-4-5-17(23)21-14-7-9-15(10-8-14)29(27,28)22-18(24)13-6-11-16(19(25)26)20-12-13/h6-12H,2-5H2,1H3,(H,21,23)(H,22,24)(H,25,26). The summed E-state index contributed by atoms with van der Waals surface area (Å²) in [5, 5.41) is 11.5. The number of anilines is 1. The number of carbonyl (C=O) groups is 3. The molecule has 0 unspecified atom stereocenters. The highest BCUT2D eigenvalue weighted by Crippen LogP contribution is 2.15. The third kappa shape index (κ3) is 6.39. The van der Waals surface area contributed by atoms with Gasteiger partial charge in [-0.1, -0.05) is 19.8 Å². The predicted molar refractivity (Wildman–Crippen MR) is 105 cm³/mol. The summed E-state index contributed by atoms with van der Waals surface area (Å²) in [7, 11) is -4.15. The van der Waals surface area contributed by atoms with Crippen molar-refractivity contribution in [3.05, 3.63) is 53.9 Å². The molecule has 9 nitrogen and oxygen atoms in total. The monoisotopic (exact) mass is 419 g/mol. The third-order valence-electron chi connectivity index (χ3n) is 3.93. The van der Waals surface area contributed by atoms with E-state index in [0.717, 1.165) is 31.5 Å². The number of pyridine rings is 1. The maximum atomic E-state index is 12.4. The maximum Gasteiger partial charge on any atom is 0.354 e. The van der Waals surface area contributed by atoms with E-state index in [9.17, 15) is 22.8 Å². The number of aromatic carboxylic acids is 1. The topological polar surface area (TPSA) is 143 Å². The third-order valence-corrected chi connectivity index (χ3v) is 5.27. The van der Waals surface area contributed by atoms with Gasteiger partial charge < -0.3 is 10.4 Å². The number of sulfonamides is 1. The minimum atomic E-state index is -4.15. The first-order valence-electron chi connectivity index (χ1n) is 8.89. The van der Waals surface area contributed by atoms with Crippen molar-refractivity contribution in [1.82, 2.24) is 9.71 Å². The number of hydrogen-bond donors (Lipinski definition) is 3. The summed E-state index contributed by atoms with van der Waals surface area (Å²) in [5.74, 6) is -2.36. The van der Waals surface area contributed by atoms with Crippen LogP contribution in [0, 0.1) is 0 Å². The van der Waals surface area contributed by atoms with Gasteiger partial charge in [0.25, 0.3) is 15.9 Å². The van der Waals surface area contributed by atoms with Gasteiger partial charge in [-0.15, -0.1) is 0 Å². The fraction of sp³-hybridized carbons (Fsp3) is 0.263. The fourth-order valence-electron chi connectivity index (χ4n) is 2.37. The van der Waals surface area contributed by atoms with Gasteiger partial charge in [0.1, 0.15) is 5.69 Å². The Morgan fingerprint density at radius 2 is 1.72 bits per heavy atom. The van der Waals surface area contributed by atoms with E-state index < -0.39 is 21.9 Å². The molecule has 0 saturated heterocycles. The van der Waals surface area contributed by atoms with Crippen LogP contribution in [0.1, 0.15) is 53.5 Å². The molecule has 0 spiro atoms. The van der Waals surface area contributed by atoms with Gasteiger partial charge in [-0.2, -0.15) is 0 Å². The Bertz CT molecular complexity index is 986. The van der Waals surface area contributed by atoms with E-state index in [1.165, 1.54) is 30.3 Å². The lowest BCUT2D eigenvalue weighted by atomic mass is 10.2. The molecule has 154 valence electrons. The summed E-state index contributed by atoms with van der Waals surface area (Å²) in [5.41, 5.74) is 0.0801. The van der Waals surface area contributed by atoms with E-state index in [4.69, 9.17) is 5.11 Å². The van der Waals surface area contributed by atoms with E-state index in [-0.39, 0.29) is 22.1 Å². The number of rotatable bonds is 9. The van der Waals surface area contributed by atoms with Gasteiger partial charge in [-0.05, 0) is 42.8 Å². The number of amides is 2. The van der Waals surface area contributed by atoms with Crippen molar-refractivity contribution in [2.45, 2.75) is 37.5 Å². The largest absolute Gasteiger partial charge is 0.477 e. The van der Waals surface area contributed by atoms with Crippen LogP contribution in [0.3, 0.4) is 0 Å². The summed E-state index contributed by atoms with van der Waals surface area (Å²) in [6, 6.07) is 7.66. The molecule has 0 bridgehead atoms. The van der Waals surface area contributed by atoms with Crippen molar-refractivity contribution >= 4 is 33.5 Å². The zero-order valence-electron chi connectivity index (χ0n) is 15.7. The SMILES string of the molecule is CCCCCC(=O)Nc1ccc(S(=O)(=O)NC(=O)c2ccc(C(=O)O)nc2)cc1. The predicted octanol–water partition coefficient (Wildman–Crippen LogP) is 2.42. The zero-order chi connectivity index (χ0) is 21.4. The number of nitrogens with zero attached hydrogens (tertiary/aromatic N) is 1. The van der Waals surface area contributed by atoms with Crippen molar-refractivity contribution in [3.63, 3.8) is 0 Å². The van der Waals surface area contributed by atoms with Crippen LogP contribution >= 0.6 is 0 Å². The molecule has 0 saturated carbocycles. The Balaban J connectivity index is 2.02. The molecule has 2 amide bonds. The van der Waals surface area contributed by atoms with E-state index >= 15 is 0 Å². The second-order valence-corrected chi connectivity index (χ2v) is 7.88. The molecule has 29 heavy (non-hydrogen) atoms. The Morgan fingerprint density at radius 3 is 2.28 bits per heavy atom. The summed E-state index contributed by atoms with van der Waals surface area (Å²) >= 11 is 0. The molecule has 0 aliphatic rings. The van der Waals surface area contributed by atoms with E-state index in [1.807, 2.05) is 11.6 Å². The lowest BCUT2D eigenvalue weighted by molar-refractivity contribution is -0.116. The molecule has 0 atom stereocenters. The molecule has 2 rings (SSSR count). The minimum Gasteiger partial charge on any atom is -0.477 e. The molecule has 2 aromatic rings. The van der Waals surface area contributed by atoms with Crippen LogP contribution in [-0.4, -0.2) is 36.3 Å². The van der Waals surface area contributed by atoms with Crippen molar-refractivity contribution in [2.75, 3.05) is 5.32 Å². The average Bonchev–Trinajstić information content (AvgIpc) is 2.68. The Kier molecular flexibility index (Phi) is 7.43. The average molecular weight is 419 g/mol. The van der Waals surface area contributed by atoms with Crippen molar-refractivity contribution in [1.29, 1.82) is 0 Å². The van der Waals surface area contributed by atoms with Gasteiger partial charge in [0, 0.05) is 18.3 Å². The van der Waals surface area contributed by atoms with Crippen molar-refractivity contribution in [3.8, 4) is 0 Å². The minimum absolute atomic E-state index is 0.102. The molecule has 3 N–H and O–H groups in total. The van der Waals surface area contributed by atoms with Crippen LogP contribution < -0.4 is 10.0 Å². The highest BCUT2D eigenvalue weighted by Gasteiger charge is 2.19. The number of carboxylic acid groups (broad SMARTS) is 1. The number of nitrogens with one attached hydrogen (secondary N) is 2. The van der Waals surface area contributed by atoms with Gasteiger partial charge in [0.05, 0.1) is 10.5 Å². The molecule has 0 radical (unpaired) electrons. The van der Waals surface area contributed by atoms with Crippen LogP contribution in [0.4, 0.5) is 5.69 Å². The van der Waals surface area contributed by atoms with Crippen LogP contribution in [0.15, 0.2) is 47.5 Å². The van der Waals surface area contributed by atoms with Crippen LogP contribution in [0.2, 0.25) is 0 Å². The quantitative estimate of drug-likeness (QED) is 0.530. The first-order chi connectivity index (χ1) is 13.7. The molecule has 10 heteroatoms. The Hall–Kier alpha value is -3.27. The zero-order valence-corrected chi connectivity index (χ0v) is 16.5. The number of carboxylic acids is 1. The van der Waals surface area contributed by atoms with Crippen LogP contribution in [0.25, 0.3) is 0 Å². The number of carbonyl (C=O) groups excluding carboxylic acids is 2. The highest BCUT2D eigenvalue weighted by molar-refractivity contribution is 7.90. The summed E-state index contributed by atoms with van der Waals surface area (Å²) < 4.78 is 26.6. The molecule has 0 aliphatic carbocycles. The smallest absolute Gasteiger partial charge is 0.354 e. The molecular weight excluding hydrogens is 398 g/mol. The number of aromatic nitrogens is 1.